The summed E-state index contributed by atoms with van der Waals surface area (Å²) >= 11 is 1.33. The molecule has 0 atom stereocenters. The van der Waals surface area contributed by atoms with Crippen LogP contribution in [0.3, 0.4) is 0 Å². The lowest BCUT2D eigenvalue weighted by molar-refractivity contribution is -0.113. The topological polar surface area (TPSA) is 88.5 Å². The molecule has 0 bridgehead atoms. The summed E-state index contributed by atoms with van der Waals surface area (Å²) in [5.74, 6) is 1.41. The highest BCUT2D eigenvalue weighted by Crippen LogP contribution is 2.40. The molecule has 1 N–H and O–H groups in total. The summed E-state index contributed by atoms with van der Waals surface area (Å²) in [5.41, 5.74) is 2.65. The quantitative estimate of drug-likeness (QED) is 0.555. The molecule has 0 aliphatic heterocycles. The van der Waals surface area contributed by atoms with Gasteiger partial charge in [-0.05, 0) is 63.4 Å². The van der Waals surface area contributed by atoms with Crippen LogP contribution in [-0.4, -0.2) is 31.0 Å². The van der Waals surface area contributed by atoms with Gasteiger partial charge < -0.3 is 9.88 Å². The van der Waals surface area contributed by atoms with Gasteiger partial charge in [0, 0.05) is 23.8 Å². The number of halogens is 1. The van der Waals surface area contributed by atoms with Gasteiger partial charge in [-0.1, -0.05) is 11.8 Å². The van der Waals surface area contributed by atoms with Crippen molar-refractivity contribution in [3.63, 3.8) is 0 Å². The van der Waals surface area contributed by atoms with Crippen molar-refractivity contribution in [1.29, 1.82) is 5.26 Å². The Morgan fingerprint density at radius 2 is 2.00 bits per heavy atom. The molecule has 2 aromatic heterocycles. The van der Waals surface area contributed by atoms with Gasteiger partial charge in [-0.3, -0.25) is 9.36 Å². The van der Waals surface area contributed by atoms with E-state index in [0.29, 0.717) is 23.0 Å². The summed E-state index contributed by atoms with van der Waals surface area (Å²) in [4.78, 5) is 12.8. The van der Waals surface area contributed by atoms with E-state index in [-0.39, 0.29) is 17.5 Å². The molecule has 0 saturated heterocycles. The molecular weight excluding hydrogens is 415 g/mol. The average molecular weight is 439 g/mol. The van der Waals surface area contributed by atoms with Gasteiger partial charge in [-0.25, -0.2) is 4.39 Å². The second-order valence-corrected chi connectivity index (χ2v) is 8.50. The average Bonchev–Trinajstić information content (AvgIpc) is 3.48. The first-order valence-corrected chi connectivity index (χ1v) is 11.2. The highest BCUT2D eigenvalue weighted by Gasteiger charge is 2.30. The molecule has 0 unspecified atom stereocenters. The van der Waals surface area contributed by atoms with Gasteiger partial charge in [0.1, 0.15) is 23.5 Å². The van der Waals surface area contributed by atoms with Crippen LogP contribution >= 0.6 is 11.8 Å². The number of aromatic nitrogens is 4. The molecule has 1 amide bonds. The Balaban J connectivity index is 1.56. The van der Waals surface area contributed by atoms with Crippen molar-refractivity contribution >= 4 is 23.5 Å². The van der Waals surface area contributed by atoms with Crippen molar-refractivity contribution < 1.29 is 9.18 Å². The van der Waals surface area contributed by atoms with Gasteiger partial charge >= 0.3 is 0 Å². The molecule has 160 valence electrons. The Hall–Kier alpha value is -3.12. The van der Waals surface area contributed by atoms with E-state index in [1.165, 1.54) is 23.9 Å². The van der Waals surface area contributed by atoms with Crippen molar-refractivity contribution in [2.45, 2.75) is 51.2 Å². The third kappa shape index (κ3) is 4.08. The Labute approximate surface area is 184 Å². The first-order chi connectivity index (χ1) is 14.9. The Morgan fingerprint density at radius 1 is 1.29 bits per heavy atom. The molecule has 1 aliphatic carbocycles. The predicted molar refractivity (Wildman–Crippen MR) is 117 cm³/mol. The number of nitrogens with zero attached hydrogens (tertiary/aromatic N) is 5. The minimum Gasteiger partial charge on any atom is -0.310 e. The standard InChI is InChI=1S/C22H23FN6OS/c1-4-28-20(15-5-6-15)26-27-22(28)31-12-19(30)25-21-18(11-24)13(2)14(3)29(21)17-9-7-16(23)8-10-17/h7-10,15H,4-6,12H2,1-3H3,(H,25,30). The molecule has 0 spiro atoms. The van der Waals surface area contributed by atoms with Crippen LogP contribution in [0.1, 0.15) is 48.3 Å². The molecule has 1 fully saturated rings. The van der Waals surface area contributed by atoms with E-state index in [1.807, 2.05) is 20.8 Å². The normalized spacial score (nSPS) is 13.3. The zero-order valence-corrected chi connectivity index (χ0v) is 18.5. The molecule has 1 aromatic carbocycles. The summed E-state index contributed by atoms with van der Waals surface area (Å²) < 4.78 is 17.2. The second kappa shape index (κ2) is 8.55. The van der Waals surface area contributed by atoms with Crippen molar-refractivity contribution in [1.82, 2.24) is 19.3 Å². The molecule has 4 rings (SSSR count). The maximum absolute atomic E-state index is 13.4. The Morgan fingerprint density at radius 3 is 2.61 bits per heavy atom. The number of carbonyl (C=O) groups excluding carboxylic acids is 1. The van der Waals surface area contributed by atoms with E-state index in [2.05, 4.69) is 26.2 Å². The maximum Gasteiger partial charge on any atom is 0.236 e. The largest absolute Gasteiger partial charge is 0.310 e. The smallest absolute Gasteiger partial charge is 0.236 e. The molecule has 0 radical (unpaired) electrons. The zero-order valence-electron chi connectivity index (χ0n) is 17.6. The van der Waals surface area contributed by atoms with Crippen LogP contribution in [-0.2, 0) is 11.3 Å². The van der Waals surface area contributed by atoms with E-state index in [4.69, 9.17) is 0 Å². The van der Waals surface area contributed by atoms with E-state index in [9.17, 15) is 14.4 Å². The number of carbonyl (C=O) groups is 1. The van der Waals surface area contributed by atoms with E-state index >= 15 is 0 Å². The van der Waals surface area contributed by atoms with Crippen LogP contribution in [0, 0.1) is 31.0 Å². The van der Waals surface area contributed by atoms with Crippen LogP contribution in [0.2, 0.25) is 0 Å². The molecule has 3 aromatic rings. The molecule has 1 saturated carbocycles. The molecular formula is C22H23FN6OS. The van der Waals surface area contributed by atoms with Crippen LogP contribution in [0.25, 0.3) is 5.69 Å². The van der Waals surface area contributed by atoms with Gasteiger partial charge in [0.05, 0.1) is 11.3 Å². The summed E-state index contributed by atoms with van der Waals surface area (Å²) in [6.07, 6.45) is 2.28. The summed E-state index contributed by atoms with van der Waals surface area (Å²) in [7, 11) is 0. The minimum atomic E-state index is -0.349. The highest BCUT2D eigenvalue weighted by molar-refractivity contribution is 7.99. The molecule has 31 heavy (non-hydrogen) atoms. The van der Waals surface area contributed by atoms with Crippen molar-refractivity contribution in [3.05, 3.63) is 52.7 Å². The fourth-order valence-corrected chi connectivity index (χ4v) is 4.43. The second-order valence-electron chi connectivity index (χ2n) is 7.55. The molecule has 1 aliphatic rings. The van der Waals surface area contributed by atoms with Gasteiger partial charge in [0.15, 0.2) is 5.16 Å². The van der Waals surface area contributed by atoms with Crippen LogP contribution in [0.5, 0.6) is 0 Å². The number of thioether (sulfide) groups is 1. The number of nitriles is 1. The van der Waals surface area contributed by atoms with Crippen molar-refractivity contribution in [3.8, 4) is 11.8 Å². The third-order valence-corrected chi connectivity index (χ3v) is 6.47. The molecule has 9 heteroatoms. The van der Waals surface area contributed by atoms with Gasteiger partial charge in [-0.15, -0.1) is 10.2 Å². The predicted octanol–water partition coefficient (Wildman–Crippen LogP) is 4.32. The van der Waals surface area contributed by atoms with Crippen molar-refractivity contribution in [2.24, 2.45) is 0 Å². The number of nitrogens with one attached hydrogen (secondary N) is 1. The third-order valence-electron chi connectivity index (χ3n) is 5.50. The lowest BCUT2D eigenvalue weighted by Gasteiger charge is -2.13. The van der Waals surface area contributed by atoms with Crippen LogP contribution in [0.4, 0.5) is 10.2 Å². The SMILES string of the molecule is CCn1c(SCC(=O)Nc2c(C#N)c(C)c(C)n2-c2ccc(F)cc2)nnc1C1CC1. The molecule has 2 heterocycles. The number of amides is 1. The monoisotopic (exact) mass is 438 g/mol. The number of benzene rings is 1. The Kier molecular flexibility index (Phi) is 5.83. The van der Waals surface area contributed by atoms with E-state index in [0.717, 1.165) is 41.6 Å². The first kappa shape index (κ1) is 21.1. The van der Waals surface area contributed by atoms with E-state index < -0.39 is 0 Å². The van der Waals surface area contributed by atoms with Gasteiger partial charge in [-0.2, -0.15) is 5.26 Å². The lowest BCUT2D eigenvalue weighted by atomic mass is 10.2. The lowest BCUT2D eigenvalue weighted by Crippen LogP contribution is -2.18. The number of anilines is 1. The van der Waals surface area contributed by atoms with E-state index in [1.54, 1.807) is 16.7 Å². The number of hydrogen-bond donors (Lipinski definition) is 1. The van der Waals surface area contributed by atoms with Gasteiger partial charge in [0.2, 0.25) is 5.91 Å². The molecule has 7 nitrogen and oxygen atoms in total. The van der Waals surface area contributed by atoms with Gasteiger partial charge in [0.25, 0.3) is 0 Å². The summed E-state index contributed by atoms with van der Waals surface area (Å²) in [6, 6.07) is 8.13. The van der Waals surface area contributed by atoms with Crippen LogP contribution < -0.4 is 5.32 Å². The number of hydrogen-bond acceptors (Lipinski definition) is 5. The number of rotatable bonds is 7. The van der Waals surface area contributed by atoms with Crippen LogP contribution in [0.15, 0.2) is 29.4 Å². The fourth-order valence-electron chi connectivity index (χ4n) is 3.62. The Bertz CT molecular complexity index is 1170. The fraction of sp³-hybridized carbons (Fsp3) is 0.364. The summed E-state index contributed by atoms with van der Waals surface area (Å²) in [6.45, 7) is 6.50. The first-order valence-electron chi connectivity index (χ1n) is 10.2. The minimum absolute atomic E-state index is 0.139. The zero-order chi connectivity index (χ0) is 22.1. The summed E-state index contributed by atoms with van der Waals surface area (Å²) in [5, 5.41) is 21.8. The van der Waals surface area contributed by atoms with Crippen molar-refractivity contribution in [2.75, 3.05) is 11.1 Å². The highest BCUT2D eigenvalue weighted by atomic mass is 32.2. The maximum atomic E-state index is 13.4.